The standard InChI is InChI=1S/C9H17NO4S/c1-6(5-8(11)12)15(14)7(2)9(13)10(3)4/h6-7H,5H2,1-4H3,(H,11,12). The third-order valence-corrected chi connectivity index (χ3v) is 3.85. The first kappa shape index (κ1) is 14.1. The lowest BCUT2D eigenvalue weighted by Crippen LogP contribution is -2.37. The van der Waals surface area contributed by atoms with E-state index >= 15 is 0 Å². The molecule has 3 unspecified atom stereocenters. The Morgan fingerprint density at radius 3 is 2.13 bits per heavy atom. The molecule has 0 saturated carbocycles. The van der Waals surface area contributed by atoms with Crippen molar-refractivity contribution in [1.82, 2.24) is 4.90 Å². The Morgan fingerprint density at radius 2 is 1.80 bits per heavy atom. The predicted octanol–water partition coefficient (Wildman–Crippen LogP) is 0.0750. The molecule has 0 aliphatic rings. The maximum Gasteiger partial charge on any atom is 0.304 e. The highest BCUT2D eigenvalue weighted by Crippen LogP contribution is 2.09. The first-order chi connectivity index (χ1) is 6.77. The number of hydrogen-bond acceptors (Lipinski definition) is 3. The highest BCUT2D eigenvalue weighted by atomic mass is 32.2. The largest absolute Gasteiger partial charge is 0.481 e. The van der Waals surface area contributed by atoms with Crippen LogP contribution in [0.25, 0.3) is 0 Å². The summed E-state index contributed by atoms with van der Waals surface area (Å²) in [5.41, 5.74) is 0. The molecule has 6 heteroatoms. The molecule has 0 radical (unpaired) electrons. The van der Waals surface area contributed by atoms with Gasteiger partial charge in [0.25, 0.3) is 0 Å². The van der Waals surface area contributed by atoms with Gasteiger partial charge in [0.2, 0.25) is 5.91 Å². The molecule has 0 saturated heterocycles. The van der Waals surface area contributed by atoms with Crippen molar-refractivity contribution < 1.29 is 18.9 Å². The Labute approximate surface area is 91.9 Å². The SMILES string of the molecule is CC(CC(=O)O)S(=O)C(C)C(=O)N(C)C. The van der Waals surface area contributed by atoms with E-state index in [1.54, 1.807) is 27.9 Å². The molecule has 0 spiro atoms. The summed E-state index contributed by atoms with van der Waals surface area (Å²) in [6, 6.07) is 0. The van der Waals surface area contributed by atoms with Gasteiger partial charge in [-0.25, -0.2) is 0 Å². The molecule has 15 heavy (non-hydrogen) atoms. The molecule has 0 aromatic rings. The summed E-state index contributed by atoms with van der Waals surface area (Å²) < 4.78 is 11.7. The van der Waals surface area contributed by atoms with Gasteiger partial charge in [0.05, 0.1) is 6.42 Å². The van der Waals surface area contributed by atoms with Crippen molar-refractivity contribution >= 4 is 22.7 Å². The van der Waals surface area contributed by atoms with Crippen LogP contribution in [0.2, 0.25) is 0 Å². The van der Waals surface area contributed by atoms with E-state index in [0.717, 1.165) is 0 Å². The third-order valence-electron chi connectivity index (χ3n) is 2.00. The van der Waals surface area contributed by atoms with Gasteiger partial charge < -0.3 is 10.0 Å². The van der Waals surface area contributed by atoms with E-state index in [1.165, 1.54) is 4.90 Å². The lowest BCUT2D eigenvalue weighted by molar-refractivity contribution is -0.137. The van der Waals surface area contributed by atoms with Crippen LogP contribution in [0, 0.1) is 0 Å². The van der Waals surface area contributed by atoms with E-state index in [1.807, 2.05) is 0 Å². The van der Waals surface area contributed by atoms with Crippen molar-refractivity contribution in [2.75, 3.05) is 14.1 Å². The fourth-order valence-corrected chi connectivity index (χ4v) is 2.55. The summed E-state index contributed by atoms with van der Waals surface area (Å²) in [5.74, 6) is -1.24. The van der Waals surface area contributed by atoms with Gasteiger partial charge in [-0.1, -0.05) is 6.92 Å². The van der Waals surface area contributed by atoms with E-state index in [9.17, 15) is 13.8 Å². The Bertz CT molecular complexity index is 277. The van der Waals surface area contributed by atoms with Crippen LogP contribution in [0.1, 0.15) is 20.3 Å². The van der Waals surface area contributed by atoms with Gasteiger partial charge >= 0.3 is 5.97 Å². The van der Waals surface area contributed by atoms with E-state index in [4.69, 9.17) is 5.11 Å². The smallest absolute Gasteiger partial charge is 0.304 e. The molecular formula is C9H17NO4S. The minimum atomic E-state index is -1.45. The Hall–Kier alpha value is -0.910. The Balaban J connectivity index is 4.44. The Morgan fingerprint density at radius 1 is 1.33 bits per heavy atom. The fourth-order valence-electron chi connectivity index (χ4n) is 1.14. The van der Waals surface area contributed by atoms with Crippen molar-refractivity contribution in [3.63, 3.8) is 0 Å². The van der Waals surface area contributed by atoms with Crippen LogP contribution in [0.4, 0.5) is 0 Å². The highest BCUT2D eigenvalue weighted by molar-refractivity contribution is 7.87. The third kappa shape index (κ3) is 4.42. The lowest BCUT2D eigenvalue weighted by atomic mass is 10.3. The average Bonchev–Trinajstić information content (AvgIpc) is 2.13. The molecule has 1 amide bonds. The monoisotopic (exact) mass is 235 g/mol. The number of carboxylic acid groups (broad SMARTS) is 1. The van der Waals surface area contributed by atoms with Crippen LogP contribution in [-0.2, 0) is 20.4 Å². The molecule has 3 atom stereocenters. The molecule has 0 heterocycles. The molecule has 0 aliphatic heterocycles. The predicted molar refractivity (Wildman–Crippen MR) is 58.0 cm³/mol. The van der Waals surface area contributed by atoms with Crippen molar-refractivity contribution in [1.29, 1.82) is 0 Å². The molecule has 0 rings (SSSR count). The van der Waals surface area contributed by atoms with Crippen molar-refractivity contribution in [2.24, 2.45) is 0 Å². The minimum absolute atomic E-state index is 0.183. The summed E-state index contributed by atoms with van der Waals surface area (Å²) in [7, 11) is 1.71. The maximum absolute atomic E-state index is 11.7. The molecule has 5 nitrogen and oxygen atoms in total. The number of nitrogens with zero attached hydrogens (tertiary/aromatic N) is 1. The fraction of sp³-hybridized carbons (Fsp3) is 0.778. The summed E-state index contributed by atoms with van der Waals surface area (Å²) in [6.07, 6.45) is -0.183. The topological polar surface area (TPSA) is 74.7 Å². The van der Waals surface area contributed by atoms with Gasteiger partial charge in [-0.3, -0.25) is 13.8 Å². The van der Waals surface area contributed by atoms with Gasteiger partial charge in [-0.05, 0) is 6.92 Å². The number of hydrogen-bond donors (Lipinski definition) is 1. The summed E-state index contributed by atoms with van der Waals surface area (Å²) in [5, 5.41) is 7.36. The molecule has 0 bridgehead atoms. The van der Waals surface area contributed by atoms with E-state index in [2.05, 4.69) is 0 Å². The van der Waals surface area contributed by atoms with Crippen LogP contribution >= 0.6 is 0 Å². The Kier molecular flexibility index (Phi) is 5.49. The molecule has 88 valence electrons. The first-order valence-electron chi connectivity index (χ1n) is 4.59. The van der Waals surface area contributed by atoms with Crippen LogP contribution in [0.15, 0.2) is 0 Å². The van der Waals surface area contributed by atoms with Gasteiger partial charge in [0.15, 0.2) is 0 Å². The summed E-state index contributed by atoms with van der Waals surface area (Å²) in [6.45, 7) is 3.13. The van der Waals surface area contributed by atoms with Crippen molar-refractivity contribution in [3.8, 4) is 0 Å². The zero-order valence-electron chi connectivity index (χ0n) is 9.39. The number of amides is 1. The molecule has 1 N–H and O–H groups in total. The highest BCUT2D eigenvalue weighted by Gasteiger charge is 2.26. The summed E-state index contributed by atoms with van der Waals surface area (Å²) >= 11 is 0. The van der Waals surface area contributed by atoms with Gasteiger partial charge in [0, 0.05) is 30.1 Å². The van der Waals surface area contributed by atoms with Crippen LogP contribution in [0.3, 0.4) is 0 Å². The van der Waals surface area contributed by atoms with Gasteiger partial charge in [-0.15, -0.1) is 0 Å². The van der Waals surface area contributed by atoms with E-state index in [-0.39, 0.29) is 12.3 Å². The zero-order chi connectivity index (χ0) is 12.2. The second-order valence-corrected chi connectivity index (χ2v) is 5.78. The van der Waals surface area contributed by atoms with Gasteiger partial charge in [0.1, 0.15) is 5.25 Å². The zero-order valence-corrected chi connectivity index (χ0v) is 10.2. The van der Waals surface area contributed by atoms with Crippen molar-refractivity contribution in [3.05, 3.63) is 0 Å². The van der Waals surface area contributed by atoms with E-state index < -0.39 is 27.3 Å². The number of rotatable bonds is 5. The van der Waals surface area contributed by atoms with Crippen LogP contribution in [-0.4, -0.2) is 50.7 Å². The molecular weight excluding hydrogens is 218 g/mol. The second kappa shape index (κ2) is 5.85. The quantitative estimate of drug-likeness (QED) is 0.732. The minimum Gasteiger partial charge on any atom is -0.481 e. The maximum atomic E-state index is 11.7. The normalized spacial score (nSPS) is 16.5. The first-order valence-corrected chi connectivity index (χ1v) is 5.87. The lowest BCUT2D eigenvalue weighted by Gasteiger charge is -2.19. The van der Waals surface area contributed by atoms with Crippen molar-refractivity contribution in [2.45, 2.75) is 30.8 Å². The molecule has 0 aliphatic carbocycles. The summed E-state index contributed by atoms with van der Waals surface area (Å²) in [4.78, 5) is 23.2. The number of carbonyl (C=O) groups is 2. The number of carboxylic acids is 1. The average molecular weight is 235 g/mol. The number of aliphatic carboxylic acids is 1. The van der Waals surface area contributed by atoms with Gasteiger partial charge in [-0.2, -0.15) is 0 Å². The van der Waals surface area contributed by atoms with Crippen LogP contribution < -0.4 is 0 Å². The second-order valence-electron chi connectivity index (χ2n) is 3.61. The molecule has 0 aromatic heterocycles. The molecule has 0 fully saturated rings. The number of carbonyl (C=O) groups excluding carboxylic acids is 1. The molecule has 0 aromatic carbocycles. The van der Waals surface area contributed by atoms with E-state index in [0.29, 0.717) is 0 Å². The van der Waals surface area contributed by atoms with Crippen LogP contribution in [0.5, 0.6) is 0 Å².